The molecule has 1 atom stereocenters. The number of benzene rings is 1. The van der Waals surface area contributed by atoms with Crippen molar-refractivity contribution in [3.8, 4) is 5.75 Å². The average molecular weight is 282 g/mol. The monoisotopic (exact) mass is 282 g/mol. The van der Waals surface area contributed by atoms with Crippen molar-refractivity contribution in [3.63, 3.8) is 0 Å². The second-order valence-corrected chi connectivity index (χ2v) is 5.20. The van der Waals surface area contributed by atoms with Gasteiger partial charge in [0.25, 0.3) is 0 Å². The zero-order valence-corrected chi connectivity index (χ0v) is 11.7. The lowest BCUT2D eigenvalue weighted by Crippen LogP contribution is -3.11. The maximum atomic E-state index is 12.7. The number of carbonyl (C=O) groups is 1. The number of hydrogen-bond donors (Lipinski definition) is 1. The van der Waals surface area contributed by atoms with Crippen LogP contribution in [0.1, 0.15) is 19.8 Å². The van der Waals surface area contributed by atoms with Gasteiger partial charge in [0.2, 0.25) is 0 Å². The lowest BCUT2D eigenvalue weighted by molar-refractivity contribution is -0.890. The van der Waals surface area contributed by atoms with E-state index in [1.54, 1.807) is 0 Å². The SMILES string of the molecule is C[C@@H](C[NH+]1CCCC1)OC(=O)COc1ccc(F)cc1. The molecule has 0 saturated carbocycles. The topological polar surface area (TPSA) is 40.0 Å². The molecule has 1 aromatic rings. The van der Waals surface area contributed by atoms with Crippen molar-refractivity contribution in [1.82, 2.24) is 0 Å². The minimum atomic E-state index is -0.388. The number of nitrogens with one attached hydrogen (secondary N) is 1. The largest absolute Gasteiger partial charge is 0.482 e. The molecule has 2 rings (SSSR count). The van der Waals surface area contributed by atoms with Crippen LogP contribution in [0.4, 0.5) is 4.39 Å². The first-order valence-electron chi connectivity index (χ1n) is 7.05. The van der Waals surface area contributed by atoms with Gasteiger partial charge in [-0.3, -0.25) is 0 Å². The van der Waals surface area contributed by atoms with Crippen molar-refractivity contribution in [2.75, 3.05) is 26.2 Å². The van der Waals surface area contributed by atoms with Gasteiger partial charge >= 0.3 is 5.97 Å². The van der Waals surface area contributed by atoms with Crippen molar-refractivity contribution >= 4 is 5.97 Å². The summed E-state index contributed by atoms with van der Waals surface area (Å²) < 4.78 is 23.2. The summed E-state index contributed by atoms with van der Waals surface area (Å²) in [5.41, 5.74) is 0. The third-order valence-electron chi connectivity index (χ3n) is 3.39. The normalized spacial score (nSPS) is 16.9. The molecule has 1 aromatic carbocycles. The minimum Gasteiger partial charge on any atom is -0.482 e. The first kappa shape index (κ1) is 14.8. The molecule has 110 valence electrons. The number of likely N-dealkylation sites (tertiary alicyclic amines) is 1. The fourth-order valence-corrected chi connectivity index (χ4v) is 2.46. The summed E-state index contributed by atoms with van der Waals surface area (Å²) in [6.07, 6.45) is 2.40. The van der Waals surface area contributed by atoms with E-state index < -0.39 is 0 Å². The third-order valence-corrected chi connectivity index (χ3v) is 3.39. The Labute approximate surface area is 118 Å². The molecule has 1 saturated heterocycles. The lowest BCUT2D eigenvalue weighted by Gasteiger charge is -2.18. The van der Waals surface area contributed by atoms with Crippen LogP contribution in [-0.4, -0.2) is 38.3 Å². The molecule has 0 bridgehead atoms. The van der Waals surface area contributed by atoms with Crippen LogP contribution < -0.4 is 9.64 Å². The molecule has 0 aromatic heterocycles. The van der Waals surface area contributed by atoms with Crippen molar-refractivity contribution in [1.29, 1.82) is 0 Å². The Bertz CT molecular complexity index is 429. The first-order valence-corrected chi connectivity index (χ1v) is 7.05. The van der Waals surface area contributed by atoms with Gasteiger partial charge in [-0.25, -0.2) is 9.18 Å². The van der Waals surface area contributed by atoms with Crippen LogP contribution in [0.15, 0.2) is 24.3 Å². The van der Waals surface area contributed by atoms with E-state index in [0.29, 0.717) is 5.75 Å². The molecule has 0 aliphatic carbocycles. The molecule has 1 aliphatic heterocycles. The summed E-state index contributed by atoms with van der Waals surface area (Å²) in [6, 6.07) is 5.56. The first-order chi connectivity index (χ1) is 9.63. The highest BCUT2D eigenvalue weighted by Crippen LogP contribution is 2.10. The molecule has 1 heterocycles. The van der Waals surface area contributed by atoms with Gasteiger partial charge in [0.15, 0.2) is 6.61 Å². The number of rotatable bonds is 6. The number of esters is 1. The highest BCUT2D eigenvalue weighted by molar-refractivity contribution is 5.71. The highest BCUT2D eigenvalue weighted by Gasteiger charge is 2.20. The summed E-state index contributed by atoms with van der Waals surface area (Å²) in [5, 5.41) is 0. The quantitative estimate of drug-likeness (QED) is 0.785. The van der Waals surface area contributed by atoms with E-state index in [4.69, 9.17) is 9.47 Å². The van der Waals surface area contributed by atoms with Crippen LogP contribution in [0.3, 0.4) is 0 Å². The third kappa shape index (κ3) is 4.81. The zero-order chi connectivity index (χ0) is 14.4. The molecule has 1 fully saturated rings. The summed E-state index contributed by atoms with van der Waals surface area (Å²) >= 11 is 0. The Kier molecular flexibility index (Phi) is 5.35. The Morgan fingerprint density at radius 2 is 1.95 bits per heavy atom. The van der Waals surface area contributed by atoms with Crippen LogP contribution in [0, 0.1) is 5.82 Å². The Morgan fingerprint density at radius 1 is 1.30 bits per heavy atom. The van der Waals surface area contributed by atoms with Crippen molar-refractivity contribution in [2.24, 2.45) is 0 Å². The smallest absolute Gasteiger partial charge is 0.344 e. The van der Waals surface area contributed by atoms with Gasteiger partial charge in [-0.15, -0.1) is 0 Å². The van der Waals surface area contributed by atoms with Crippen molar-refractivity contribution < 1.29 is 23.6 Å². The predicted octanol–water partition coefficient (Wildman–Crippen LogP) is 0.815. The van der Waals surface area contributed by atoms with E-state index in [2.05, 4.69) is 0 Å². The molecular formula is C15H21FNO3+. The highest BCUT2D eigenvalue weighted by atomic mass is 19.1. The van der Waals surface area contributed by atoms with Gasteiger partial charge in [-0.1, -0.05) is 0 Å². The molecule has 0 spiro atoms. The van der Waals surface area contributed by atoms with Crippen LogP contribution in [0.25, 0.3) is 0 Å². The van der Waals surface area contributed by atoms with Crippen molar-refractivity contribution in [2.45, 2.75) is 25.9 Å². The second kappa shape index (κ2) is 7.24. The average Bonchev–Trinajstić information content (AvgIpc) is 2.90. The van der Waals surface area contributed by atoms with Gasteiger partial charge < -0.3 is 14.4 Å². The van der Waals surface area contributed by atoms with E-state index in [1.165, 1.54) is 42.0 Å². The van der Waals surface area contributed by atoms with E-state index >= 15 is 0 Å². The van der Waals surface area contributed by atoms with Gasteiger partial charge in [0.05, 0.1) is 13.1 Å². The van der Waals surface area contributed by atoms with Gasteiger partial charge in [-0.2, -0.15) is 0 Å². The maximum Gasteiger partial charge on any atom is 0.344 e. The van der Waals surface area contributed by atoms with Gasteiger partial charge in [0.1, 0.15) is 24.2 Å². The molecule has 20 heavy (non-hydrogen) atoms. The molecule has 5 heteroatoms. The van der Waals surface area contributed by atoms with Crippen LogP contribution in [0.2, 0.25) is 0 Å². The van der Waals surface area contributed by atoms with Crippen molar-refractivity contribution in [3.05, 3.63) is 30.1 Å². The van der Waals surface area contributed by atoms with Crippen LogP contribution >= 0.6 is 0 Å². The molecule has 1 aliphatic rings. The summed E-state index contributed by atoms with van der Waals surface area (Å²) in [6.45, 7) is 4.93. The molecule has 0 radical (unpaired) electrons. The molecule has 0 amide bonds. The number of ether oxygens (including phenoxy) is 2. The van der Waals surface area contributed by atoms with Crippen LogP contribution in [0.5, 0.6) is 5.75 Å². The summed E-state index contributed by atoms with van der Waals surface area (Å²) in [5.74, 6) is -0.260. The van der Waals surface area contributed by atoms with Gasteiger partial charge in [-0.05, 0) is 31.2 Å². The Morgan fingerprint density at radius 3 is 2.60 bits per heavy atom. The number of carbonyl (C=O) groups excluding carboxylic acids is 1. The van der Waals surface area contributed by atoms with Crippen LogP contribution in [-0.2, 0) is 9.53 Å². The number of quaternary nitrogens is 1. The minimum absolute atomic E-state index is 0.104. The van der Waals surface area contributed by atoms with E-state index in [0.717, 1.165) is 19.6 Å². The molecule has 4 nitrogen and oxygen atoms in total. The number of hydrogen-bond acceptors (Lipinski definition) is 3. The number of halogens is 1. The van der Waals surface area contributed by atoms with E-state index in [-0.39, 0.29) is 24.5 Å². The molecule has 1 N–H and O–H groups in total. The fraction of sp³-hybridized carbons (Fsp3) is 0.533. The zero-order valence-electron chi connectivity index (χ0n) is 11.7. The lowest BCUT2D eigenvalue weighted by atomic mass is 10.3. The van der Waals surface area contributed by atoms with Gasteiger partial charge in [0, 0.05) is 12.8 Å². The van der Waals surface area contributed by atoms with E-state index in [9.17, 15) is 9.18 Å². The fourth-order valence-electron chi connectivity index (χ4n) is 2.46. The standard InChI is InChI=1S/C15H20FNO3/c1-12(10-17-8-2-3-9-17)20-15(18)11-19-14-6-4-13(16)5-7-14/h4-7,12H,2-3,8-11H2,1H3/p+1/t12-/m0/s1. The summed E-state index contributed by atoms with van der Waals surface area (Å²) in [4.78, 5) is 13.1. The predicted molar refractivity (Wildman–Crippen MR) is 72.2 cm³/mol. The Balaban J connectivity index is 1.67. The van der Waals surface area contributed by atoms with E-state index in [1.807, 2.05) is 6.92 Å². The molecule has 0 unspecified atom stereocenters. The maximum absolute atomic E-state index is 12.7. The second-order valence-electron chi connectivity index (χ2n) is 5.20. The summed E-state index contributed by atoms with van der Waals surface area (Å²) in [7, 11) is 0. The molecular weight excluding hydrogens is 261 g/mol. The Hall–Kier alpha value is -1.62.